The van der Waals surface area contributed by atoms with E-state index in [0.29, 0.717) is 24.3 Å². The fraction of sp³-hybridized carbons (Fsp3) is 0.632. The fourth-order valence-electron chi connectivity index (χ4n) is 3.18. The lowest BCUT2D eigenvalue weighted by Crippen LogP contribution is -2.42. The Hall–Kier alpha value is -1.62. The van der Waals surface area contributed by atoms with Crippen molar-refractivity contribution in [1.82, 2.24) is 10.6 Å². The minimum absolute atomic E-state index is 0.0368. The van der Waals surface area contributed by atoms with Gasteiger partial charge in [-0.2, -0.15) is 0 Å². The molecule has 0 bridgehead atoms. The number of rotatable bonds is 6. The van der Waals surface area contributed by atoms with Gasteiger partial charge in [-0.05, 0) is 69.7 Å². The lowest BCUT2D eigenvalue weighted by molar-refractivity contribution is -0.126. The molecule has 1 amide bonds. The fourth-order valence-corrected chi connectivity index (χ4v) is 3.18. The van der Waals surface area contributed by atoms with Crippen LogP contribution in [0.5, 0.6) is 5.75 Å². The topological polar surface area (TPSA) is 50.4 Å². The van der Waals surface area contributed by atoms with E-state index in [0.717, 1.165) is 24.9 Å². The first-order valence-electron chi connectivity index (χ1n) is 8.99. The van der Waals surface area contributed by atoms with Crippen LogP contribution in [0.1, 0.15) is 51.1 Å². The zero-order valence-electron chi connectivity index (χ0n) is 14.5. The molecule has 0 spiro atoms. The average Bonchev–Trinajstić information content (AvgIpc) is 3.38. The molecule has 1 heterocycles. The molecule has 1 unspecified atom stereocenters. The van der Waals surface area contributed by atoms with E-state index in [9.17, 15) is 9.18 Å². The highest BCUT2D eigenvalue weighted by Gasteiger charge is 2.26. The van der Waals surface area contributed by atoms with Gasteiger partial charge >= 0.3 is 0 Å². The highest BCUT2D eigenvalue weighted by Crippen LogP contribution is 2.30. The SMILES string of the molecule is CC(NC(=O)[C@H]1CCN[C@@H](C)C1)c1ccc(OCC2CC2)c(F)c1. The summed E-state index contributed by atoms with van der Waals surface area (Å²) in [5.41, 5.74) is 0.765. The summed E-state index contributed by atoms with van der Waals surface area (Å²) in [5, 5.41) is 6.37. The van der Waals surface area contributed by atoms with Gasteiger partial charge in [-0.1, -0.05) is 6.07 Å². The Labute approximate surface area is 143 Å². The van der Waals surface area contributed by atoms with Crippen molar-refractivity contribution >= 4 is 5.91 Å². The third-order valence-electron chi connectivity index (χ3n) is 4.98. The minimum Gasteiger partial charge on any atom is -0.490 e. The molecule has 132 valence electrons. The van der Waals surface area contributed by atoms with Crippen molar-refractivity contribution in [3.63, 3.8) is 0 Å². The maximum Gasteiger partial charge on any atom is 0.223 e. The van der Waals surface area contributed by atoms with Crippen LogP contribution in [0.15, 0.2) is 18.2 Å². The Bertz CT molecular complexity index is 589. The number of ether oxygens (including phenoxy) is 1. The van der Waals surface area contributed by atoms with Crippen LogP contribution in [-0.4, -0.2) is 25.1 Å². The average molecular weight is 334 g/mol. The lowest BCUT2D eigenvalue weighted by Gasteiger charge is -2.28. The molecule has 1 saturated heterocycles. The summed E-state index contributed by atoms with van der Waals surface area (Å²) in [6.45, 7) is 5.45. The Kier molecular flexibility index (Phi) is 5.39. The Morgan fingerprint density at radius 1 is 1.42 bits per heavy atom. The first-order valence-corrected chi connectivity index (χ1v) is 8.99. The van der Waals surface area contributed by atoms with Crippen molar-refractivity contribution < 1.29 is 13.9 Å². The smallest absolute Gasteiger partial charge is 0.223 e. The van der Waals surface area contributed by atoms with Crippen molar-refractivity contribution in [2.45, 2.75) is 51.6 Å². The molecule has 3 atom stereocenters. The van der Waals surface area contributed by atoms with Crippen LogP contribution in [0, 0.1) is 17.7 Å². The van der Waals surface area contributed by atoms with Gasteiger partial charge in [0.25, 0.3) is 0 Å². The van der Waals surface area contributed by atoms with Crippen LogP contribution in [0.2, 0.25) is 0 Å². The second-order valence-corrected chi connectivity index (χ2v) is 7.25. The van der Waals surface area contributed by atoms with E-state index in [-0.39, 0.29) is 23.7 Å². The Morgan fingerprint density at radius 2 is 2.21 bits per heavy atom. The van der Waals surface area contributed by atoms with Crippen molar-refractivity contribution in [1.29, 1.82) is 0 Å². The maximum atomic E-state index is 14.2. The molecule has 1 aliphatic carbocycles. The standard InChI is InChI=1S/C19H27FN2O2/c1-12-9-16(7-8-21-12)19(23)22-13(2)15-5-6-18(17(20)10-15)24-11-14-3-4-14/h5-6,10,12-14,16,21H,3-4,7-9,11H2,1-2H3,(H,22,23)/t12-,13?,16-/m0/s1. The molecule has 24 heavy (non-hydrogen) atoms. The van der Waals surface area contributed by atoms with Crippen molar-refractivity contribution in [3.8, 4) is 5.75 Å². The van der Waals surface area contributed by atoms with E-state index in [2.05, 4.69) is 17.6 Å². The first-order chi connectivity index (χ1) is 11.5. The first kappa shape index (κ1) is 17.2. The van der Waals surface area contributed by atoms with Crippen molar-refractivity contribution in [3.05, 3.63) is 29.6 Å². The summed E-state index contributed by atoms with van der Waals surface area (Å²) in [4.78, 5) is 12.4. The highest BCUT2D eigenvalue weighted by molar-refractivity contribution is 5.79. The summed E-state index contributed by atoms with van der Waals surface area (Å²) in [6, 6.07) is 5.13. The van der Waals surface area contributed by atoms with Gasteiger partial charge in [0, 0.05) is 12.0 Å². The van der Waals surface area contributed by atoms with Crippen LogP contribution < -0.4 is 15.4 Å². The zero-order chi connectivity index (χ0) is 17.1. The predicted octanol–water partition coefficient (Wildman–Crippen LogP) is 3.18. The Balaban J connectivity index is 1.56. The molecule has 2 N–H and O–H groups in total. The largest absolute Gasteiger partial charge is 0.490 e. The second kappa shape index (κ2) is 7.51. The number of amides is 1. The quantitative estimate of drug-likeness (QED) is 0.840. The molecule has 0 radical (unpaired) electrons. The molecular formula is C19H27FN2O2. The van der Waals surface area contributed by atoms with E-state index in [1.165, 1.54) is 18.9 Å². The summed E-state index contributed by atoms with van der Waals surface area (Å²) in [5.74, 6) is 0.635. The third kappa shape index (κ3) is 4.47. The van der Waals surface area contributed by atoms with Crippen LogP contribution in [0.4, 0.5) is 4.39 Å². The van der Waals surface area contributed by atoms with Gasteiger partial charge < -0.3 is 15.4 Å². The molecule has 4 nitrogen and oxygen atoms in total. The summed E-state index contributed by atoms with van der Waals surface area (Å²) in [7, 11) is 0. The molecule has 1 aromatic rings. The second-order valence-electron chi connectivity index (χ2n) is 7.25. The predicted molar refractivity (Wildman–Crippen MR) is 91.4 cm³/mol. The zero-order valence-corrected chi connectivity index (χ0v) is 14.5. The molecule has 2 fully saturated rings. The number of carbonyl (C=O) groups excluding carboxylic acids is 1. The monoisotopic (exact) mass is 334 g/mol. The summed E-state index contributed by atoms with van der Waals surface area (Å²) < 4.78 is 19.7. The van der Waals surface area contributed by atoms with Crippen LogP contribution >= 0.6 is 0 Å². The van der Waals surface area contributed by atoms with Crippen LogP contribution in [-0.2, 0) is 4.79 Å². The molecule has 1 saturated carbocycles. The number of carbonyl (C=O) groups is 1. The van der Waals surface area contributed by atoms with Gasteiger partial charge in [0.05, 0.1) is 12.6 Å². The lowest BCUT2D eigenvalue weighted by atomic mass is 9.92. The highest BCUT2D eigenvalue weighted by atomic mass is 19.1. The van der Waals surface area contributed by atoms with Crippen molar-refractivity contribution in [2.24, 2.45) is 11.8 Å². The van der Waals surface area contributed by atoms with E-state index in [1.807, 2.05) is 13.0 Å². The van der Waals surface area contributed by atoms with Gasteiger partial charge in [-0.15, -0.1) is 0 Å². The number of halogens is 1. The minimum atomic E-state index is -0.357. The van der Waals surface area contributed by atoms with E-state index >= 15 is 0 Å². The number of nitrogens with one attached hydrogen (secondary N) is 2. The summed E-state index contributed by atoms with van der Waals surface area (Å²) >= 11 is 0. The van der Waals surface area contributed by atoms with Crippen LogP contribution in [0.3, 0.4) is 0 Å². The van der Waals surface area contributed by atoms with Crippen LogP contribution in [0.25, 0.3) is 0 Å². The molecule has 3 rings (SSSR count). The third-order valence-corrected chi connectivity index (χ3v) is 4.98. The maximum absolute atomic E-state index is 14.2. The molecule has 1 aromatic carbocycles. The molecule has 2 aliphatic rings. The molecule has 1 aliphatic heterocycles. The van der Waals surface area contributed by atoms with E-state index < -0.39 is 0 Å². The van der Waals surface area contributed by atoms with Gasteiger partial charge in [-0.25, -0.2) is 4.39 Å². The van der Waals surface area contributed by atoms with Gasteiger partial charge in [0.1, 0.15) is 0 Å². The van der Waals surface area contributed by atoms with E-state index in [1.54, 1.807) is 6.07 Å². The van der Waals surface area contributed by atoms with Gasteiger partial charge in [0.15, 0.2) is 11.6 Å². The number of hydrogen-bond donors (Lipinski definition) is 2. The number of piperidine rings is 1. The molecule has 5 heteroatoms. The number of hydrogen-bond acceptors (Lipinski definition) is 3. The summed E-state index contributed by atoms with van der Waals surface area (Å²) in [6.07, 6.45) is 4.06. The normalized spacial score (nSPS) is 25.1. The molecular weight excluding hydrogens is 307 g/mol. The number of benzene rings is 1. The van der Waals surface area contributed by atoms with Gasteiger partial charge in [0.2, 0.25) is 5.91 Å². The van der Waals surface area contributed by atoms with E-state index in [4.69, 9.17) is 4.74 Å². The van der Waals surface area contributed by atoms with Gasteiger partial charge in [-0.3, -0.25) is 4.79 Å². The van der Waals surface area contributed by atoms with Crippen molar-refractivity contribution in [2.75, 3.05) is 13.2 Å². The molecule has 0 aromatic heterocycles. The Morgan fingerprint density at radius 3 is 2.88 bits per heavy atom.